The van der Waals surface area contributed by atoms with E-state index in [4.69, 9.17) is 4.74 Å². The fourth-order valence-corrected chi connectivity index (χ4v) is 3.85. The fourth-order valence-electron chi connectivity index (χ4n) is 3.85. The van der Waals surface area contributed by atoms with Gasteiger partial charge in [-0.25, -0.2) is 0 Å². The standard InChI is InChI=1S/C22H20O6/c23-19-9-17(10-20(24)27-19)15-5-1-13(2-6-15)14-3-7-16(8-4-14)18-11-21(25)28-22(26)12-18/h1-8,17-19,23H,9-12H2. The molecule has 1 N–H and O–H groups in total. The zero-order chi connectivity index (χ0) is 19.7. The van der Waals surface area contributed by atoms with E-state index >= 15 is 0 Å². The molecular formula is C22H20O6. The van der Waals surface area contributed by atoms with Gasteiger partial charge in [0.15, 0.2) is 0 Å². The van der Waals surface area contributed by atoms with E-state index in [1.807, 2.05) is 48.5 Å². The highest BCUT2D eigenvalue weighted by atomic mass is 16.6. The third kappa shape index (κ3) is 3.97. The molecule has 144 valence electrons. The van der Waals surface area contributed by atoms with E-state index in [1.165, 1.54) is 0 Å². The quantitative estimate of drug-likeness (QED) is 0.650. The first-order valence-electron chi connectivity index (χ1n) is 9.29. The van der Waals surface area contributed by atoms with Gasteiger partial charge < -0.3 is 14.6 Å². The largest absolute Gasteiger partial charge is 0.436 e. The molecule has 2 aromatic carbocycles. The molecule has 2 aliphatic rings. The van der Waals surface area contributed by atoms with Crippen LogP contribution in [0.1, 0.15) is 48.6 Å². The zero-order valence-corrected chi connectivity index (χ0v) is 15.2. The van der Waals surface area contributed by atoms with Crippen LogP contribution < -0.4 is 0 Å². The summed E-state index contributed by atoms with van der Waals surface area (Å²) in [5.74, 6) is -1.51. The number of rotatable bonds is 3. The second kappa shape index (κ2) is 7.56. The molecule has 4 rings (SSSR count). The molecule has 0 aromatic heterocycles. The van der Waals surface area contributed by atoms with Crippen molar-refractivity contribution < 1.29 is 29.0 Å². The van der Waals surface area contributed by atoms with E-state index in [0.717, 1.165) is 22.3 Å². The first-order valence-corrected chi connectivity index (χ1v) is 9.29. The number of carbonyl (C=O) groups excluding carboxylic acids is 3. The van der Waals surface area contributed by atoms with E-state index in [2.05, 4.69) is 4.74 Å². The van der Waals surface area contributed by atoms with Crippen LogP contribution in [0.25, 0.3) is 11.1 Å². The first-order chi connectivity index (χ1) is 13.5. The van der Waals surface area contributed by atoms with Gasteiger partial charge in [0, 0.05) is 18.3 Å². The summed E-state index contributed by atoms with van der Waals surface area (Å²) < 4.78 is 9.36. The van der Waals surface area contributed by atoms with Crippen LogP contribution in [0.5, 0.6) is 0 Å². The number of carbonyl (C=O) groups is 3. The van der Waals surface area contributed by atoms with Crippen molar-refractivity contribution in [3.63, 3.8) is 0 Å². The number of benzene rings is 2. The molecule has 0 radical (unpaired) electrons. The number of ether oxygens (including phenoxy) is 2. The Morgan fingerprint density at radius 3 is 1.64 bits per heavy atom. The van der Waals surface area contributed by atoms with Crippen LogP contribution in [0, 0.1) is 0 Å². The van der Waals surface area contributed by atoms with Crippen molar-refractivity contribution in [3.05, 3.63) is 59.7 Å². The van der Waals surface area contributed by atoms with Crippen molar-refractivity contribution in [3.8, 4) is 11.1 Å². The molecule has 2 aliphatic heterocycles. The van der Waals surface area contributed by atoms with E-state index in [1.54, 1.807) is 0 Å². The number of aliphatic hydroxyl groups is 1. The van der Waals surface area contributed by atoms with Crippen molar-refractivity contribution in [2.45, 2.75) is 43.8 Å². The van der Waals surface area contributed by atoms with Gasteiger partial charge >= 0.3 is 17.9 Å². The Kier molecular flexibility index (Phi) is 4.96. The Balaban J connectivity index is 1.48. The van der Waals surface area contributed by atoms with E-state index in [-0.39, 0.29) is 37.1 Å². The van der Waals surface area contributed by atoms with Gasteiger partial charge in [-0.1, -0.05) is 48.5 Å². The molecule has 2 aromatic rings. The molecule has 28 heavy (non-hydrogen) atoms. The lowest BCUT2D eigenvalue weighted by molar-refractivity contribution is -0.178. The van der Waals surface area contributed by atoms with Crippen molar-refractivity contribution >= 4 is 17.9 Å². The molecule has 0 amide bonds. The molecule has 2 unspecified atom stereocenters. The molecule has 0 bridgehead atoms. The summed E-state index contributed by atoms with van der Waals surface area (Å²) in [5, 5.41) is 9.62. The van der Waals surface area contributed by atoms with Crippen LogP contribution in [0.3, 0.4) is 0 Å². The van der Waals surface area contributed by atoms with E-state index in [0.29, 0.717) is 6.42 Å². The number of cyclic esters (lactones) is 3. The summed E-state index contributed by atoms with van der Waals surface area (Å²) in [5.41, 5.74) is 3.98. The SMILES string of the molecule is O=C1CC(c2ccc(-c3ccc(C4CC(=O)OC(O)C4)cc3)cc2)CC(=O)O1. The van der Waals surface area contributed by atoms with Gasteiger partial charge in [0.05, 0.1) is 19.3 Å². The highest BCUT2D eigenvalue weighted by Gasteiger charge is 2.29. The average Bonchev–Trinajstić information content (AvgIpc) is 2.67. The van der Waals surface area contributed by atoms with Crippen LogP contribution in [0.2, 0.25) is 0 Å². The normalized spacial score (nSPS) is 23.2. The average molecular weight is 380 g/mol. The Morgan fingerprint density at radius 2 is 1.14 bits per heavy atom. The molecule has 2 heterocycles. The Morgan fingerprint density at radius 1 is 0.679 bits per heavy atom. The topological polar surface area (TPSA) is 89.9 Å². The van der Waals surface area contributed by atoms with Gasteiger partial charge in [0.1, 0.15) is 0 Å². The number of esters is 3. The van der Waals surface area contributed by atoms with Gasteiger partial charge in [-0.2, -0.15) is 0 Å². The van der Waals surface area contributed by atoms with Crippen molar-refractivity contribution in [1.29, 1.82) is 0 Å². The Labute approximate surface area is 162 Å². The first kappa shape index (κ1) is 18.4. The van der Waals surface area contributed by atoms with Gasteiger partial charge in [0.25, 0.3) is 0 Å². The number of hydrogen-bond acceptors (Lipinski definition) is 6. The van der Waals surface area contributed by atoms with E-state index < -0.39 is 18.2 Å². The third-order valence-corrected chi connectivity index (χ3v) is 5.32. The number of aliphatic hydroxyl groups excluding tert-OH is 1. The second-order valence-corrected chi connectivity index (χ2v) is 7.28. The summed E-state index contributed by atoms with van der Waals surface area (Å²) in [6.45, 7) is 0. The summed E-state index contributed by atoms with van der Waals surface area (Å²) in [6, 6.07) is 15.7. The van der Waals surface area contributed by atoms with E-state index in [9.17, 15) is 19.5 Å². The third-order valence-electron chi connectivity index (χ3n) is 5.32. The van der Waals surface area contributed by atoms with Gasteiger partial charge in [-0.3, -0.25) is 14.4 Å². The van der Waals surface area contributed by atoms with Crippen LogP contribution in [-0.4, -0.2) is 29.3 Å². The molecule has 0 aliphatic carbocycles. The minimum atomic E-state index is -1.04. The van der Waals surface area contributed by atoms with Crippen molar-refractivity contribution in [2.24, 2.45) is 0 Å². The second-order valence-electron chi connectivity index (χ2n) is 7.28. The highest BCUT2D eigenvalue weighted by molar-refractivity contribution is 5.89. The maximum Gasteiger partial charge on any atom is 0.314 e. The molecule has 6 nitrogen and oxygen atoms in total. The molecule has 0 saturated carbocycles. The molecule has 2 saturated heterocycles. The molecule has 2 atom stereocenters. The minimum Gasteiger partial charge on any atom is -0.436 e. The molecular weight excluding hydrogens is 360 g/mol. The van der Waals surface area contributed by atoms with Crippen LogP contribution in [0.4, 0.5) is 0 Å². The Hall–Kier alpha value is -2.99. The minimum absolute atomic E-state index is 0.0451. The zero-order valence-electron chi connectivity index (χ0n) is 15.2. The van der Waals surface area contributed by atoms with Crippen LogP contribution in [0.15, 0.2) is 48.5 Å². The monoisotopic (exact) mass is 380 g/mol. The summed E-state index contributed by atoms with van der Waals surface area (Å²) >= 11 is 0. The smallest absolute Gasteiger partial charge is 0.314 e. The van der Waals surface area contributed by atoms with Gasteiger partial charge in [0.2, 0.25) is 6.29 Å². The number of hydrogen-bond donors (Lipinski definition) is 1. The lowest BCUT2D eigenvalue weighted by Gasteiger charge is -2.25. The van der Waals surface area contributed by atoms with Crippen LogP contribution in [-0.2, 0) is 23.9 Å². The fraction of sp³-hybridized carbons (Fsp3) is 0.318. The predicted octanol–water partition coefficient (Wildman–Crippen LogP) is 3.04. The Bertz CT molecular complexity index is 884. The molecule has 2 fully saturated rings. The van der Waals surface area contributed by atoms with Gasteiger partial charge in [-0.15, -0.1) is 0 Å². The highest BCUT2D eigenvalue weighted by Crippen LogP contribution is 2.33. The predicted molar refractivity (Wildman–Crippen MR) is 99.0 cm³/mol. The van der Waals surface area contributed by atoms with Crippen molar-refractivity contribution in [1.82, 2.24) is 0 Å². The van der Waals surface area contributed by atoms with Crippen molar-refractivity contribution in [2.75, 3.05) is 0 Å². The summed E-state index contributed by atoms with van der Waals surface area (Å²) in [7, 11) is 0. The van der Waals surface area contributed by atoms with Gasteiger partial charge in [-0.05, 0) is 22.3 Å². The molecule has 6 heteroatoms. The lowest BCUT2D eigenvalue weighted by atomic mass is 9.88. The summed E-state index contributed by atoms with van der Waals surface area (Å²) in [6.07, 6.45) is 0.0726. The lowest BCUT2D eigenvalue weighted by Crippen LogP contribution is -2.28. The molecule has 0 spiro atoms. The maximum absolute atomic E-state index is 11.5. The summed E-state index contributed by atoms with van der Waals surface area (Å²) in [4.78, 5) is 34.4. The van der Waals surface area contributed by atoms with Crippen LogP contribution >= 0.6 is 0 Å². The maximum atomic E-state index is 11.5.